The fourth-order valence-corrected chi connectivity index (χ4v) is 1.23. The van der Waals surface area contributed by atoms with E-state index in [0.717, 1.165) is 0 Å². The topological polar surface area (TPSA) is 80.4 Å². The minimum atomic E-state index is -2.26. The van der Waals surface area contributed by atoms with Gasteiger partial charge in [0.25, 0.3) is 0 Å². The number of nitro groups is 1. The van der Waals surface area contributed by atoms with E-state index in [1.165, 1.54) is 24.3 Å². The number of nitrogens with zero attached hydrogens (tertiary/aromatic N) is 1. The molecule has 1 aromatic rings. The quantitative estimate of drug-likeness (QED) is 0.387. The highest BCUT2D eigenvalue weighted by Gasteiger charge is 2.50. The van der Waals surface area contributed by atoms with Gasteiger partial charge < -0.3 is 5.11 Å². The number of alkyl halides is 1. The summed E-state index contributed by atoms with van der Waals surface area (Å²) in [6, 6.07) is 7.49. The first-order chi connectivity index (χ1) is 6.49. The summed E-state index contributed by atoms with van der Waals surface area (Å²) in [7, 11) is 0. The number of hydrogen-bond donors (Lipinski definition) is 1. The third kappa shape index (κ3) is 1.60. The highest BCUT2D eigenvalue weighted by molar-refractivity contribution is 9.10. The van der Waals surface area contributed by atoms with Crippen molar-refractivity contribution in [2.75, 3.05) is 0 Å². The monoisotopic (exact) mass is 259 g/mol. The average Bonchev–Trinajstić information content (AvgIpc) is 2.17. The zero-order valence-corrected chi connectivity index (χ0v) is 8.47. The largest absolute Gasteiger partial charge is 0.475 e. The highest BCUT2D eigenvalue weighted by Crippen LogP contribution is 2.31. The van der Waals surface area contributed by atoms with Crippen LogP contribution in [0.2, 0.25) is 0 Å². The molecule has 0 fully saturated rings. The van der Waals surface area contributed by atoms with Gasteiger partial charge in [-0.3, -0.25) is 10.1 Å². The molecule has 0 aromatic heterocycles. The molecule has 1 aromatic carbocycles. The molecule has 0 aliphatic rings. The van der Waals surface area contributed by atoms with Gasteiger partial charge in [0.15, 0.2) is 0 Å². The Bertz CT molecular complexity index is 351. The summed E-state index contributed by atoms with van der Waals surface area (Å²) in [5, 5.41) is 19.4. The molecule has 0 aliphatic heterocycles. The number of rotatable bonds is 3. The van der Waals surface area contributed by atoms with E-state index in [2.05, 4.69) is 15.9 Å². The van der Waals surface area contributed by atoms with Gasteiger partial charge in [-0.05, 0) is 0 Å². The van der Waals surface area contributed by atoms with Gasteiger partial charge in [0, 0.05) is 15.9 Å². The molecule has 1 unspecified atom stereocenters. The molecule has 0 saturated carbocycles. The van der Waals surface area contributed by atoms with Crippen molar-refractivity contribution >= 4 is 21.9 Å². The summed E-state index contributed by atoms with van der Waals surface area (Å²) in [5.74, 6) is -1.55. The van der Waals surface area contributed by atoms with Crippen LogP contribution in [-0.2, 0) is 9.24 Å². The predicted octanol–water partition coefficient (Wildman–Crippen LogP) is 1.60. The molecule has 0 bridgehead atoms. The molecule has 1 N–H and O–H groups in total. The van der Waals surface area contributed by atoms with Gasteiger partial charge >= 0.3 is 10.4 Å². The molecule has 5 nitrogen and oxygen atoms in total. The third-order valence-corrected chi connectivity index (χ3v) is 2.78. The fraction of sp³-hybridized carbons (Fsp3) is 0.125. The number of carboxylic acids is 1. The normalized spacial score (nSPS) is 14.4. The average molecular weight is 260 g/mol. The lowest BCUT2D eigenvalue weighted by Gasteiger charge is -2.13. The van der Waals surface area contributed by atoms with Crippen molar-refractivity contribution in [1.29, 1.82) is 0 Å². The van der Waals surface area contributed by atoms with Gasteiger partial charge in [0.05, 0.1) is 10.5 Å². The van der Waals surface area contributed by atoms with Crippen LogP contribution in [0.25, 0.3) is 0 Å². The summed E-state index contributed by atoms with van der Waals surface area (Å²) in [5.41, 5.74) is 0.0810. The van der Waals surface area contributed by atoms with Gasteiger partial charge in [0.1, 0.15) is 0 Å². The Morgan fingerprint density at radius 2 is 1.93 bits per heavy atom. The summed E-state index contributed by atoms with van der Waals surface area (Å²) in [6.45, 7) is 0. The van der Waals surface area contributed by atoms with E-state index in [4.69, 9.17) is 5.11 Å². The first-order valence-electron chi connectivity index (χ1n) is 3.62. The standard InChI is InChI=1S/C8H6BrNO4/c9-8(7(11)12,10(13)14)6-4-2-1-3-5-6/h1-5H,(H,11,12). The molecule has 0 amide bonds. The number of carboxylic acid groups (broad SMARTS) is 1. The summed E-state index contributed by atoms with van der Waals surface area (Å²) in [6.07, 6.45) is 0. The Labute approximate surface area is 87.6 Å². The maximum atomic E-state index is 10.8. The van der Waals surface area contributed by atoms with Crippen LogP contribution in [0, 0.1) is 10.1 Å². The lowest BCUT2D eigenvalue weighted by molar-refractivity contribution is -0.529. The Hall–Kier alpha value is -1.43. The van der Waals surface area contributed by atoms with Crippen molar-refractivity contribution in [3.63, 3.8) is 0 Å². The van der Waals surface area contributed by atoms with Gasteiger partial charge in [0.2, 0.25) is 0 Å². The maximum absolute atomic E-state index is 10.8. The van der Waals surface area contributed by atoms with Gasteiger partial charge in [-0.25, -0.2) is 4.79 Å². The number of halogens is 1. The highest BCUT2D eigenvalue weighted by atomic mass is 79.9. The van der Waals surface area contributed by atoms with Crippen molar-refractivity contribution in [2.24, 2.45) is 0 Å². The first-order valence-corrected chi connectivity index (χ1v) is 4.41. The van der Waals surface area contributed by atoms with E-state index in [9.17, 15) is 14.9 Å². The first kappa shape index (κ1) is 10.6. The number of aliphatic carboxylic acids is 1. The van der Waals surface area contributed by atoms with E-state index >= 15 is 0 Å². The lowest BCUT2D eigenvalue weighted by Crippen LogP contribution is -2.37. The van der Waals surface area contributed by atoms with Crippen LogP contribution in [0.3, 0.4) is 0 Å². The van der Waals surface area contributed by atoms with Crippen LogP contribution in [0.5, 0.6) is 0 Å². The van der Waals surface area contributed by atoms with E-state index in [1.54, 1.807) is 6.07 Å². The minimum absolute atomic E-state index is 0.0810. The maximum Gasteiger partial charge on any atom is 0.399 e. The zero-order valence-electron chi connectivity index (χ0n) is 6.88. The van der Waals surface area contributed by atoms with Crippen molar-refractivity contribution < 1.29 is 14.8 Å². The molecule has 74 valence electrons. The Balaban J connectivity index is 3.27. The van der Waals surface area contributed by atoms with Crippen molar-refractivity contribution in [1.82, 2.24) is 0 Å². The van der Waals surface area contributed by atoms with E-state index in [0.29, 0.717) is 0 Å². The molecule has 6 heteroatoms. The minimum Gasteiger partial charge on any atom is -0.475 e. The number of benzene rings is 1. The molecule has 0 aliphatic carbocycles. The van der Waals surface area contributed by atoms with Crippen molar-refractivity contribution in [3.8, 4) is 0 Å². The SMILES string of the molecule is O=C(O)C(Br)(c1ccccc1)[N+](=O)[O-]. The fourth-order valence-electron chi connectivity index (χ4n) is 0.966. The van der Waals surface area contributed by atoms with Gasteiger partial charge in [-0.1, -0.05) is 30.3 Å². The summed E-state index contributed by atoms with van der Waals surface area (Å²) >= 11 is 2.62. The third-order valence-electron chi connectivity index (χ3n) is 1.69. The van der Waals surface area contributed by atoms with Crippen LogP contribution in [0.15, 0.2) is 30.3 Å². The van der Waals surface area contributed by atoms with Crippen molar-refractivity contribution in [3.05, 3.63) is 46.0 Å². The van der Waals surface area contributed by atoms with E-state index in [-0.39, 0.29) is 5.56 Å². The molecule has 1 rings (SSSR count). The smallest absolute Gasteiger partial charge is 0.399 e. The molecule has 0 radical (unpaired) electrons. The second-order valence-corrected chi connectivity index (χ2v) is 3.70. The van der Waals surface area contributed by atoms with Crippen LogP contribution >= 0.6 is 15.9 Å². The second-order valence-electron chi connectivity index (χ2n) is 2.55. The molecule has 0 heterocycles. The van der Waals surface area contributed by atoms with Gasteiger partial charge in [-0.15, -0.1) is 0 Å². The van der Waals surface area contributed by atoms with E-state index < -0.39 is 15.3 Å². The summed E-state index contributed by atoms with van der Waals surface area (Å²) < 4.78 is -2.26. The van der Waals surface area contributed by atoms with E-state index in [1.807, 2.05) is 0 Å². The van der Waals surface area contributed by atoms with Crippen LogP contribution in [0.4, 0.5) is 0 Å². The van der Waals surface area contributed by atoms with Crippen LogP contribution in [0.1, 0.15) is 5.56 Å². The molecule has 0 saturated heterocycles. The van der Waals surface area contributed by atoms with Crippen molar-refractivity contribution in [2.45, 2.75) is 4.45 Å². The molecule has 0 spiro atoms. The number of hydrogen-bond acceptors (Lipinski definition) is 3. The Morgan fingerprint density at radius 1 is 1.43 bits per heavy atom. The Kier molecular flexibility index (Phi) is 2.85. The molecular formula is C8H6BrNO4. The molecule has 1 atom stereocenters. The van der Waals surface area contributed by atoms with Gasteiger partial charge in [-0.2, -0.15) is 0 Å². The predicted molar refractivity (Wildman–Crippen MR) is 51.7 cm³/mol. The van der Waals surface area contributed by atoms with Crippen LogP contribution < -0.4 is 0 Å². The zero-order chi connectivity index (χ0) is 10.8. The molecular weight excluding hydrogens is 254 g/mol. The second kappa shape index (κ2) is 3.75. The Morgan fingerprint density at radius 3 is 2.29 bits per heavy atom. The molecule has 14 heavy (non-hydrogen) atoms. The number of carbonyl (C=O) groups is 1. The summed E-state index contributed by atoms with van der Waals surface area (Å²) in [4.78, 5) is 20.5. The lowest BCUT2D eigenvalue weighted by atomic mass is 10.1. The van der Waals surface area contributed by atoms with Crippen LogP contribution in [-0.4, -0.2) is 16.0 Å².